The van der Waals surface area contributed by atoms with E-state index in [4.69, 9.17) is 18.9 Å². The molecule has 3 fully saturated rings. The van der Waals surface area contributed by atoms with Crippen molar-refractivity contribution in [3.8, 4) is 11.5 Å². The number of carbonyl (C=O) groups is 2. The van der Waals surface area contributed by atoms with E-state index in [9.17, 15) is 14.7 Å². The quantitative estimate of drug-likeness (QED) is 0.705. The molecule has 2 saturated heterocycles. The van der Waals surface area contributed by atoms with E-state index < -0.39 is 12.1 Å². The Kier molecular flexibility index (Phi) is 6.24. The zero-order valence-electron chi connectivity index (χ0n) is 18.0. The second-order valence-corrected chi connectivity index (χ2v) is 8.49. The molecule has 0 radical (unpaired) electrons. The highest BCUT2D eigenvalue weighted by molar-refractivity contribution is 5.92. The summed E-state index contributed by atoms with van der Waals surface area (Å²) in [4.78, 5) is 26.9. The molecule has 2 aliphatic heterocycles. The van der Waals surface area contributed by atoms with Gasteiger partial charge in [-0.05, 0) is 25.0 Å². The molecule has 3 aliphatic rings. The van der Waals surface area contributed by atoms with E-state index in [1.54, 1.807) is 18.2 Å². The van der Waals surface area contributed by atoms with E-state index >= 15 is 0 Å². The number of methoxy groups -OCH3 is 2. The SMILES string of the molecule is COC(=O)c1ccc(OC2CC(N3CCOC4(CCN(C(=O)O)CC4)C3)C2)cc1OC. The molecule has 9 nitrogen and oxygen atoms in total. The minimum absolute atomic E-state index is 0.117. The minimum atomic E-state index is -0.849. The topological polar surface area (TPSA) is 97.8 Å². The van der Waals surface area contributed by atoms with Crippen LogP contribution in [0, 0.1) is 0 Å². The molecule has 0 aromatic heterocycles. The third-order valence-electron chi connectivity index (χ3n) is 6.69. The predicted molar refractivity (Wildman–Crippen MR) is 111 cm³/mol. The second kappa shape index (κ2) is 8.92. The number of morpholine rings is 1. The summed E-state index contributed by atoms with van der Waals surface area (Å²) >= 11 is 0. The lowest BCUT2D eigenvalue weighted by Crippen LogP contribution is -2.61. The van der Waals surface area contributed by atoms with E-state index in [-0.39, 0.29) is 11.7 Å². The van der Waals surface area contributed by atoms with Gasteiger partial charge in [-0.2, -0.15) is 0 Å². The number of hydrogen-bond acceptors (Lipinski definition) is 7. The number of nitrogens with zero attached hydrogens (tertiary/aromatic N) is 2. The first-order valence-corrected chi connectivity index (χ1v) is 10.7. The van der Waals surface area contributed by atoms with Crippen LogP contribution in [0.2, 0.25) is 0 Å². The van der Waals surface area contributed by atoms with Crippen LogP contribution in [0.4, 0.5) is 4.79 Å². The fourth-order valence-corrected chi connectivity index (χ4v) is 4.74. The molecule has 170 valence electrons. The average molecular weight is 434 g/mol. The molecule has 1 saturated carbocycles. The fourth-order valence-electron chi connectivity index (χ4n) is 4.74. The number of piperidine rings is 1. The van der Waals surface area contributed by atoms with Crippen molar-refractivity contribution >= 4 is 12.1 Å². The van der Waals surface area contributed by atoms with Gasteiger partial charge in [0.15, 0.2) is 0 Å². The number of amides is 1. The monoisotopic (exact) mass is 434 g/mol. The summed E-state index contributed by atoms with van der Waals surface area (Å²) in [5.41, 5.74) is 0.143. The lowest BCUT2D eigenvalue weighted by atomic mass is 9.84. The highest BCUT2D eigenvalue weighted by Gasteiger charge is 2.45. The van der Waals surface area contributed by atoms with Gasteiger partial charge in [-0.25, -0.2) is 9.59 Å². The Morgan fingerprint density at radius 3 is 2.55 bits per heavy atom. The molecule has 1 aromatic carbocycles. The molecule has 1 N–H and O–H groups in total. The van der Waals surface area contributed by atoms with E-state index in [2.05, 4.69) is 4.90 Å². The van der Waals surface area contributed by atoms with Crippen molar-refractivity contribution in [2.24, 2.45) is 0 Å². The standard InChI is InChI=1S/C22H30N2O7/c1-28-19-13-16(3-4-18(19)20(25)29-2)31-17-11-15(12-17)24-9-10-30-22(14-24)5-7-23(8-6-22)21(26)27/h3-4,13,15,17H,5-12,14H2,1-2H3,(H,26,27). The van der Waals surface area contributed by atoms with E-state index in [0.717, 1.165) is 38.8 Å². The van der Waals surface area contributed by atoms with Crippen molar-refractivity contribution in [3.63, 3.8) is 0 Å². The van der Waals surface area contributed by atoms with Crippen molar-refractivity contribution in [3.05, 3.63) is 23.8 Å². The summed E-state index contributed by atoms with van der Waals surface area (Å²) < 4.78 is 22.3. The van der Waals surface area contributed by atoms with Gasteiger partial charge in [-0.1, -0.05) is 0 Å². The Morgan fingerprint density at radius 2 is 1.90 bits per heavy atom. The van der Waals surface area contributed by atoms with Crippen molar-refractivity contribution in [2.45, 2.75) is 43.4 Å². The lowest BCUT2D eigenvalue weighted by molar-refractivity contribution is -0.152. The van der Waals surface area contributed by atoms with Gasteiger partial charge in [0.1, 0.15) is 23.2 Å². The van der Waals surface area contributed by atoms with E-state index in [1.807, 2.05) is 0 Å². The molecular formula is C22H30N2O7. The van der Waals surface area contributed by atoms with Crippen molar-refractivity contribution in [1.29, 1.82) is 0 Å². The molecule has 4 rings (SSSR count). The fraction of sp³-hybridized carbons (Fsp3) is 0.636. The van der Waals surface area contributed by atoms with Crippen LogP contribution < -0.4 is 9.47 Å². The largest absolute Gasteiger partial charge is 0.496 e. The number of rotatable bonds is 5. The number of esters is 1. The number of carboxylic acid groups (broad SMARTS) is 1. The highest BCUT2D eigenvalue weighted by Crippen LogP contribution is 2.37. The van der Waals surface area contributed by atoms with Crippen LogP contribution in [0.1, 0.15) is 36.0 Å². The maximum absolute atomic E-state index is 11.8. The Morgan fingerprint density at radius 1 is 1.16 bits per heavy atom. The molecule has 1 spiro atoms. The smallest absolute Gasteiger partial charge is 0.407 e. The van der Waals surface area contributed by atoms with Gasteiger partial charge in [0.2, 0.25) is 0 Å². The zero-order valence-corrected chi connectivity index (χ0v) is 18.0. The summed E-state index contributed by atoms with van der Waals surface area (Å²) in [6.07, 6.45) is 2.62. The van der Waals surface area contributed by atoms with Gasteiger partial charge in [0.25, 0.3) is 0 Å². The maximum atomic E-state index is 11.8. The van der Waals surface area contributed by atoms with Gasteiger partial charge in [0, 0.05) is 51.1 Å². The first-order chi connectivity index (χ1) is 14.9. The molecule has 0 atom stereocenters. The second-order valence-electron chi connectivity index (χ2n) is 8.49. The number of likely N-dealkylation sites (tertiary alicyclic amines) is 1. The van der Waals surface area contributed by atoms with Crippen LogP contribution in [0.25, 0.3) is 0 Å². The average Bonchev–Trinajstić information content (AvgIpc) is 2.75. The summed E-state index contributed by atoms with van der Waals surface area (Å²) in [5.74, 6) is 0.665. The normalized spacial score (nSPS) is 25.5. The summed E-state index contributed by atoms with van der Waals surface area (Å²) in [7, 11) is 2.85. The molecule has 0 bridgehead atoms. The predicted octanol–water partition coefficient (Wildman–Crippen LogP) is 2.24. The van der Waals surface area contributed by atoms with Gasteiger partial charge in [-0.15, -0.1) is 0 Å². The van der Waals surface area contributed by atoms with Crippen molar-refractivity contribution < 1.29 is 33.6 Å². The molecular weight excluding hydrogens is 404 g/mol. The summed E-state index contributed by atoms with van der Waals surface area (Å²) in [6.45, 7) is 3.48. The number of benzene rings is 1. The van der Waals surface area contributed by atoms with Crippen molar-refractivity contribution in [1.82, 2.24) is 9.80 Å². The molecule has 1 aliphatic carbocycles. The Bertz CT molecular complexity index is 816. The van der Waals surface area contributed by atoms with Gasteiger partial charge >= 0.3 is 12.1 Å². The van der Waals surface area contributed by atoms with Gasteiger partial charge < -0.3 is 29.0 Å². The number of carbonyl (C=O) groups excluding carboxylic acids is 1. The zero-order chi connectivity index (χ0) is 22.0. The third kappa shape index (κ3) is 4.57. The molecule has 9 heteroatoms. The maximum Gasteiger partial charge on any atom is 0.407 e. The molecule has 2 heterocycles. The molecule has 31 heavy (non-hydrogen) atoms. The number of hydrogen-bond donors (Lipinski definition) is 1. The van der Waals surface area contributed by atoms with Crippen LogP contribution in [0.3, 0.4) is 0 Å². The molecule has 0 unspecified atom stereocenters. The van der Waals surface area contributed by atoms with Gasteiger partial charge in [-0.3, -0.25) is 4.90 Å². The molecule has 1 aromatic rings. The molecule has 1 amide bonds. The van der Waals surface area contributed by atoms with Crippen LogP contribution in [0.5, 0.6) is 11.5 Å². The Hall–Kier alpha value is -2.52. The van der Waals surface area contributed by atoms with Crippen LogP contribution >= 0.6 is 0 Å². The first kappa shape index (κ1) is 21.7. The Balaban J connectivity index is 1.29. The van der Waals surface area contributed by atoms with E-state index in [0.29, 0.717) is 42.8 Å². The van der Waals surface area contributed by atoms with Crippen LogP contribution in [-0.2, 0) is 9.47 Å². The minimum Gasteiger partial charge on any atom is -0.496 e. The third-order valence-corrected chi connectivity index (χ3v) is 6.69. The van der Waals surface area contributed by atoms with Gasteiger partial charge in [0.05, 0.1) is 26.4 Å². The van der Waals surface area contributed by atoms with Crippen LogP contribution in [0.15, 0.2) is 18.2 Å². The van der Waals surface area contributed by atoms with Crippen molar-refractivity contribution in [2.75, 3.05) is 47.0 Å². The summed E-state index contributed by atoms with van der Waals surface area (Å²) in [5, 5.41) is 9.18. The Labute approximate surface area is 181 Å². The highest BCUT2D eigenvalue weighted by atomic mass is 16.5. The van der Waals surface area contributed by atoms with Crippen LogP contribution in [-0.4, -0.2) is 91.7 Å². The number of ether oxygens (including phenoxy) is 4. The summed E-state index contributed by atoms with van der Waals surface area (Å²) in [6, 6.07) is 5.59. The van der Waals surface area contributed by atoms with E-state index in [1.165, 1.54) is 19.1 Å². The lowest BCUT2D eigenvalue weighted by Gasteiger charge is -2.51. The first-order valence-electron chi connectivity index (χ1n) is 10.7.